The normalized spacial score (nSPS) is 11.6. The minimum Gasteiger partial charge on any atom is -0.484 e. The van der Waals surface area contributed by atoms with E-state index in [0.29, 0.717) is 11.3 Å². The average Bonchev–Trinajstić information content (AvgIpc) is 2.59. The van der Waals surface area contributed by atoms with Gasteiger partial charge in [0.15, 0.2) is 6.61 Å². The monoisotopic (exact) mass is 345 g/mol. The van der Waals surface area contributed by atoms with E-state index in [1.54, 1.807) is 43.4 Å². The fourth-order valence-electron chi connectivity index (χ4n) is 2.31. The maximum Gasteiger partial charge on any atom is 0.307 e. The number of aliphatic carboxylic acids is 1. The maximum atomic E-state index is 13.0. The first-order chi connectivity index (χ1) is 11.9. The van der Waals surface area contributed by atoms with E-state index >= 15 is 0 Å². The summed E-state index contributed by atoms with van der Waals surface area (Å²) in [5.74, 6) is -0.948. The Hall–Kier alpha value is -2.89. The third-order valence-corrected chi connectivity index (χ3v) is 3.97. The lowest BCUT2D eigenvalue weighted by molar-refractivity contribution is -0.136. The molecule has 2 aromatic rings. The molecule has 0 bridgehead atoms. The molecule has 2 rings (SSSR count). The van der Waals surface area contributed by atoms with Crippen LogP contribution >= 0.6 is 0 Å². The fourth-order valence-corrected chi connectivity index (χ4v) is 2.31. The molecule has 0 aromatic heterocycles. The van der Waals surface area contributed by atoms with Gasteiger partial charge in [-0.1, -0.05) is 24.3 Å². The number of likely N-dealkylation sites (N-methyl/N-ethyl adjacent to an activating group) is 1. The first-order valence-corrected chi connectivity index (χ1v) is 7.81. The third kappa shape index (κ3) is 5.31. The highest BCUT2D eigenvalue weighted by molar-refractivity contribution is 5.78. The van der Waals surface area contributed by atoms with Crippen LogP contribution in [0.15, 0.2) is 48.5 Å². The number of nitrogens with zero attached hydrogens (tertiary/aromatic N) is 1. The second kappa shape index (κ2) is 8.28. The number of carbonyl (C=O) groups is 2. The molecule has 1 amide bonds. The Balaban J connectivity index is 1.90. The third-order valence-electron chi connectivity index (χ3n) is 3.97. The van der Waals surface area contributed by atoms with Crippen molar-refractivity contribution in [2.24, 2.45) is 0 Å². The second-order valence-electron chi connectivity index (χ2n) is 5.74. The van der Waals surface area contributed by atoms with Crippen LogP contribution in [0, 0.1) is 5.82 Å². The molecular weight excluding hydrogens is 325 g/mol. The van der Waals surface area contributed by atoms with Crippen molar-refractivity contribution in [1.82, 2.24) is 4.90 Å². The number of benzene rings is 2. The topological polar surface area (TPSA) is 66.8 Å². The fraction of sp³-hybridized carbons (Fsp3) is 0.263. The van der Waals surface area contributed by atoms with E-state index in [0.717, 1.165) is 5.56 Å². The van der Waals surface area contributed by atoms with Crippen molar-refractivity contribution >= 4 is 11.9 Å². The SMILES string of the molecule is C[C@H](c1ccc(F)cc1)N(C)C(=O)COc1ccc(CC(=O)O)cc1. The molecule has 0 heterocycles. The number of ether oxygens (including phenoxy) is 1. The Morgan fingerprint density at radius 2 is 1.72 bits per heavy atom. The molecule has 0 radical (unpaired) electrons. The van der Waals surface area contributed by atoms with Crippen LogP contribution in [0.2, 0.25) is 0 Å². The van der Waals surface area contributed by atoms with E-state index in [1.165, 1.54) is 17.0 Å². The summed E-state index contributed by atoms with van der Waals surface area (Å²) in [4.78, 5) is 24.4. The summed E-state index contributed by atoms with van der Waals surface area (Å²) in [5.41, 5.74) is 1.49. The van der Waals surface area contributed by atoms with Crippen molar-refractivity contribution < 1.29 is 23.8 Å². The molecule has 0 aliphatic carbocycles. The zero-order valence-corrected chi connectivity index (χ0v) is 14.1. The van der Waals surface area contributed by atoms with E-state index in [9.17, 15) is 14.0 Å². The zero-order valence-electron chi connectivity index (χ0n) is 14.1. The van der Waals surface area contributed by atoms with E-state index in [4.69, 9.17) is 9.84 Å². The molecular formula is C19H20FNO4. The number of halogens is 1. The largest absolute Gasteiger partial charge is 0.484 e. The number of carboxylic acids is 1. The highest BCUT2D eigenvalue weighted by Crippen LogP contribution is 2.19. The Morgan fingerprint density at radius 3 is 2.28 bits per heavy atom. The number of rotatable bonds is 7. The standard InChI is InChI=1S/C19H20FNO4/c1-13(15-5-7-16(20)8-6-15)21(2)18(22)12-25-17-9-3-14(4-10-17)11-19(23)24/h3-10,13H,11-12H2,1-2H3,(H,23,24)/t13-/m1/s1. The van der Waals surface area contributed by atoms with Crippen LogP contribution in [0.25, 0.3) is 0 Å². The molecule has 132 valence electrons. The van der Waals surface area contributed by atoms with Crippen molar-refractivity contribution in [2.75, 3.05) is 13.7 Å². The molecule has 0 aliphatic rings. The molecule has 0 spiro atoms. The predicted octanol–water partition coefficient (Wildman–Crippen LogP) is 3.05. The van der Waals surface area contributed by atoms with Crippen LogP contribution in [0.5, 0.6) is 5.75 Å². The smallest absolute Gasteiger partial charge is 0.307 e. The molecule has 0 saturated carbocycles. The van der Waals surface area contributed by atoms with E-state index < -0.39 is 5.97 Å². The Morgan fingerprint density at radius 1 is 1.12 bits per heavy atom. The van der Waals surface area contributed by atoms with Gasteiger partial charge < -0.3 is 14.7 Å². The lowest BCUT2D eigenvalue weighted by Crippen LogP contribution is -2.33. The molecule has 0 fully saturated rings. The summed E-state index contributed by atoms with van der Waals surface area (Å²) in [6, 6.07) is 12.4. The zero-order chi connectivity index (χ0) is 18.4. The van der Waals surface area contributed by atoms with Gasteiger partial charge in [-0.05, 0) is 42.3 Å². The van der Waals surface area contributed by atoms with Gasteiger partial charge in [0.2, 0.25) is 0 Å². The van der Waals surface area contributed by atoms with Gasteiger partial charge in [0.25, 0.3) is 5.91 Å². The van der Waals surface area contributed by atoms with Crippen LogP contribution in [0.1, 0.15) is 24.1 Å². The molecule has 1 atom stereocenters. The van der Waals surface area contributed by atoms with Crippen molar-refractivity contribution in [3.63, 3.8) is 0 Å². The van der Waals surface area contributed by atoms with E-state index in [-0.39, 0.29) is 30.8 Å². The van der Waals surface area contributed by atoms with Gasteiger partial charge in [0, 0.05) is 7.05 Å². The number of hydrogen-bond acceptors (Lipinski definition) is 3. The van der Waals surface area contributed by atoms with E-state index in [1.807, 2.05) is 6.92 Å². The number of carbonyl (C=O) groups excluding carboxylic acids is 1. The van der Waals surface area contributed by atoms with Gasteiger partial charge in [-0.25, -0.2) is 4.39 Å². The van der Waals surface area contributed by atoms with Gasteiger partial charge in [-0.15, -0.1) is 0 Å². The second-order valence-corrected chi connectivity index (χ2v) is 5.74. The number of amides is 1. The minimum atomic E-state index is -0.903. The van der Waals surface area contributed by atoms with Gasteiger partial charge in [0.05, 0.1) is 12.5 Å². The Kier molecular flexibility index (Phi) is 6.11. The summed E-state index contributed by atoms with van der Waals surface area (Å²) in [6.45, 7) is 1.71. The van der Waals surface area contributed by atoms with Gasteiger partial charge in [0.1, 0.15) is 11.6 Å². The first-order valence-electron chi connectivity index (χ1n) is 7.81. The molecule has 0 aliphatic heterocycles. The first kappa shape index (κ1) is 18.4. The number of hydrogen-bond donors (Lipinski definition) is 1. The molecule has 25 heavy (non-hydrogen) atoms. The summed E-state index contributed by atoms with van der Waals surface area (Å²) < 4.78 is 18.4. The Bertz CT molecular complexity index is 728. The van der Waals surface area contributed by atoms with Gasteiger partial charge >= 0.3 is 5.97 Å². The van der Waals surface area contributed by atoms with Crippen LogP contribution in [-0.2, 0) is 16.0 Å². The summed E-state index contributed by atoms with van der Waals surface area (Å²) in [6.07, 6.45) is -0.0584. The van der Waals surface area contributed by atoms with Crippen LogP contribution < -0.4 is 4.74 Å². The average molecular weight is 345 g/mol. The van der Waals surface area contributed by atoms with Crippen molar-refractivity contribution in [2.45, 2.75) is 19.4 Å². The van der Waals surface area contributed by atoms with Crippen LogP contribution in [0.3, 0.4) is 0 Å². The van der Waals surface area contributed by atoms with Crippen LogP contribution in [-0.4, -0.2) is 35.5 Å². The lowest BCUT2D eigenvalue weighted by Gasteiger charge is -2.25. The summed E-state index contributed by atoms with van der Waals surface area (Å²) in [5, 5.41) is 8.73. The lowest BCUT2D eigenvalue weighted by atomic mass is 10.1. The maximum absolute atomic E-state index is 13.0. The molecule has 2 aromatic carbocycles. The number of carboxylic acid groups (broad SMARTS) is 1. The molecule has 6 heteroatoms. The predicted molar refractivity (Wildman–Crippen MR) is 90.9 cm³/mol. The Labute approximate surface area is 145 Å². The van der Waals surface area contributed by atoms with Crippen molar-refractivity contribution in [1.29, 1.82) is 0 Å². The molecule has 0 unspecified atom stereocenters. The highest BCUT2D eigenvalue weighted by atomic mass is 19.1. The quantitative estimate of drug-likeness (QED) is 0.837. The van der Waals surface area contributed by atoms with Crippen molar-refractivity contribution in [3.05, 3.63) is 65.5 Å². The molecule has 1 N–H and O–H groups in total. The van der Waals surface area contributed by atoms with Gasteiger partial charge in [-0.2, -0.15) is 0 Å². The van der Waals surface area contributed by atoms with E-state index in [2.05, 4.69) is 0 Å². The van der Waals surface area contributed by atoms with Gasteiger partial charge in [-0.3, -0.25) is 9.59 Å². The summed E-state index contributed by atoms with van der Waals surface area (Å²) in [7, 11) is 1.66. The van der Waals surface area contributed by atoms with Crippen LogP contribution in [0.4, 0.5) is 4.39 Å². The molecule has 5 nitrogen and oxygen atoms in total. The van der Waals surface area contributed by atoms with Crippen molar-refractivity contribution in [3.8, 4) is 5.75 Å². The highest BCUT2D eigenvalue weighted by Gasteiger charge is 2.18. The molecule has 0 saturated heterocycles. The minimum absolute atomic E-state index is 0.0584. The summed E-state index contributed by atoms with van der Waals surface area (Å²) >= 11 is 0.